The van der Waals surface area contributed by atoms with E-state index in [1.807, 2.05) is 0 Å². The molecule has 0 fully saturated rings. The second-order valence-electron chi connectivity index (χ2n) is 28.2. The van der Waals surface area contributed by atoms with Gasteiger partial charge in [-0.2, -0.15) is 0 Å². The van der Waals surface area contributed by atoms with Gasteiger partial charge in [-0.25, -0.2) is 9.13 Å². The minimum atomic E-state index is -4.96. The van der Waals surface area contributed by atoms with Crippen LogP contribution in [0.4, 0.5) is 0 Å². The predicted molar refractivity (Wildman–Crippen MR) is 381 cm³/mol. The smallest absolute Gasteiger partial charge is 0.462 e. The molecular formula is C75H146O17P2. The minimum Gasteiger partial charge on any atom is -0.462 e. The summed E-state index contributed by atoms with van der Waals surface area (Å²) in [5.41, 5.74) is 0. The summed E-state index contributed by atoms with van der Waals surface area (Å²) in [6.07, 6.45) is 51.3. The van der Waals surface area contributed by atoms with Gasteiger partial charge in [0.1, 0.15) is 19.3 Å². The second-order valence-corrected chi connectivity index (χ2v) is 31.1. The van der Waals surface area contributed by atoms with Crippen molar-refractivity contribution in [1.29, 1.82) is 0 Å². The van der Waals surface area contributed by atoms with Crippen molar-refractivity contribution in [2.45, 2.75) is 401 Å². The number of rotatable bonds is 73. The van der Waals surface area contributed by atoms with Crippen molar-refractivity contribution in [1.82, 2.24) is 0 Å². The van der Waals surface area contributed by atoms with Crippen LogP contribution in [-0.4, -0.2) is 96.7 Å². The van der Waals surface area contributed by atoms with Crippen LogP contribution in [0.15, 0.2) is 0 Å². The van der Waals surface area contributed by atoms with E-state index in [2.05, 4.69) is 48.5 Å². The van der Waals surface area contributed by atoms with Gasteiger partial charge in [0.15, 0.2) is 12.2 Å². The van der Waals surface area contributed by atoms with Crippen molar-refractivity contribution < 1.29 is 80.2 Å². The first-order chi connectivity index (χ1) is 45.3. The lowest BCUT2D eigenvalue weighted by Gasteiger charge is -2.21. The van der Waals surface area contributed by atoms with Crippen molar-refractivity contribution in [3.63, 3.8) is 0 Å². The number of unbranched alkanes of at least 4 members (excludes halogenated alkanes) is 40. The lowest BCUT2D eigenvalue weighted by Crippen LogP contribution is -2.30. The van der Waals surface area contributed by atoms with Gasteiger partial charge in [-0.05, 0) is 43.4 Å². The van der Waals surface area contributed by atoms with Gasteiger partial charge in [-0.1, -0.05) is 331 Å². The van der Waals surface area contributed by atoms with Gasteiger partial charge in [0.2, 0.25) is 0 Å². The zero-order chi connectivity index (χ0) is 69.4. The number of hydrogen-bond acceptors (Lipinski definition) is 15. The first-order valence-corrected chi connectivity index (χ1v) is 41.9. The Kier molecular flexibility index (Phi) is 64.3. The number of carbonyl (C=O) groups excluding carboxylic acids is 4. The van der Waals surface area contributed by atoms with Crippen LogP contribution < -0.4 is 0 Å². The number of aliphatic hydroxyl groups is 1. The highest BCUT2D eigenvalue weighted by molar-refractivity contribution is 7.47. The molecule has 0 aromatic heterocycles. The Morgan fingerprint density at radius 1 is 0.309 bits per heavy atom. The van der Waals surface area contributed by atoms with Crippen LogP contribution in [0.5, 0.6) is 0 Å². The van der Waals surface area contributed by atoms with Gasteiger partial charge in [0.05, 0.1) is 26.4 Å². The fraction of sp³-hybridized carbons (Fsp3) is 0.947. The quantitative estimate of drug-likeness (QED) is 0.0222. The van der Waals surface area contributed by atoms with Gasteiger partial charge in [-0.15, -0.1) is 0 Å². The summed E-state index contributed by atoms with van der Waals surface area (Å²) >= 11 is 0. The maximum Gasteiger partial charge on any atom is 0.472 e. The molecular weight excluding hydrogens is 1230 g/mol. The monoisotopic (exact) mass is 1380 g/mol. The van der Waals surface area contributed by atoms with E-state index in [1.54, 1.807) is 0 Å². The number of carbonyl (C=O) groups is 4. The Morgan fingerprint density at radius 3 is 0.809 bits per heavy atom. The average Bonchev–Trinajstić information content (AvgIpc) is 2.24. The van der Waals surface area contributed by atoms with Gasteiger partial charge < -0.3 is 33.8 Å². The zero-order valence-electron chi connectivity index (χ0n) is 61.4. The van der Waals surface area contributed by atoms with E-state index in [1.165, 1.54) is 186 Å². The van der Waals surface area contributed by atoms with Crippen molar-refractivity contribution in [2.24, 2.45) is 17.8 Å². The minimum absolute atomic E-state index is 0.105. The van der Waals surface area contributed by atoms with Crippen LogP contribution in [-0.2, 0) is 65.4 Å². The predicted octanol–water partition coefficient (Wildman–Crippen LogP) is 21.8. The van der Waals surface area contributed by atoms with E-state index < -0.39 is 97.5 Å². The summed E-state index contributed by atoms with van der Waals surface area (Å²) in [6, 6.07) is 0. The van der Waals surface area contributed by atoms with Gasteiger partial charge in [-0.3, -0.25) is 37.3 Å². The third kappa shape index (κ3) is 67.3. The van der Waals surface area contributed by atoms with Crippen LogP contribution >= 0.6 is 15.6 Å². The molecule has 0 aliphatic carbocycles. The maximum atomic E-state index is 13.1. The maximum absolute atomic E-state index is 13.1. The first-order valence-electron chi connectivity index (χ1n) is 38.9. The SMILES string of the molecule is CCCCCCCCCCC(=O)OC[C@H](COP(=O)(O)OC[C@H](O)COP(=O)(O)OC[C@@H](COC(=O)CCCCCCCCCCCCCCC(C)C)OC(=O)CCCCCCCCCCCCCCCCCCC(C)C)OC(=O)CCCCCCCCCCC(C)CC. The standard InChI is InChI=1S/C75H146O17P2/c1-8-10-11-12-13-35-42-49-56-72(77)85-62-70(92-75(80)59-52-45-38-31-30-34-41-48-55-68(7)9-2)64-89-93(81,82)87-60-69(76)61-88-94(83,84)90-65-71(63-86-73(78)57-50-43-36-28-24-21-20-23-27-33-40-47-54-67(5)6)91-74(79)58-51-44-37-29-25-19-17-15-14-16-18-22-26-32-39-46-53-66(3)4/h66-71,76H,8-65H2,1-7H3,(H,81,82)(H,83,84)/t68?,69-,70+,71+/m0/s1. The topological polar surface area (TPSA) is 237 Å². The molecule has 0 aliphatic rings. The molecule has 0 spiro atoms. The number of aliphatic hydroxyl groups excluding tert-OH is 1. The molecule has 6 atom stereocenters. The Labute approximate surface area is 575 Å². The highest BCUT2D eigenvalue weighted by Gasteiger charge is 2.30. The van der Waals surface area contributed by atoms with Crippen LogP contribution in [0.3, 0.4) is 0 Å². The Hall–Kier alpha value is -1.94. The molecule has 17 nitrogen and oxygen atoms in total. The van der Waals surface area contributed by atoms with Crippen LogP contribution in [0.25, 0.3) is 0 Å². The lowest BCUT2D eigenvalue weighted by atomic mass is 9.99. The molecule has 0 heterocycles. The molecule has 0 amide bonds. The highest BCUT2D eigenvalue weighted by Crippen LogP contribution is 2.45. The molecule has 558 valence electrons. The summed E-state index contributed by atoms with van der Waals surface area (Å²) < 4.78 is 68.4. The number of ether oxygens (including phenoxy) is 4. The van der Waals surface area contributed by atoms with Gasteiger partial charge in [0, 0.05) is 25.7 Å². The van der Waals surface area contributed by atoms with E-state index >= 15 is 0 Å². The summed E-state index contributed by atoms with van der Waals surface area (Å²) in [6.45, 7) is 11.9. The van der Waals surface area contributed by atoms with Crippen molar-refractivity contribution in [3.05, 3.63) is 0 Å². The van der Waals surface area contributed by atoms with Crippen molar-refractivity contribution in [3.8, 4) is 0 Å². The summed E-state index contributed by atoms with van der Waals surface area (Å²) in [4.78, 5) is 72.7. The largest absolute Gasteiger partial charge is 0.472 e. The lowest BCUT2D eigenvalue weighted by molar-refractivity contribution is -0.161. The Balaban J connectivity index is 5.21. The molecule has 0 aliphatic heterocycles. The molecule has 19 heteroatoms. The van der Waals surface area contributed by atoms with E-state index in [-0.39, 0.29) is 25.7 Å². The van der Waals surface area contributed by atoms with Crippen LogP contribution in [0.2, 0.25) is 0 Å². The number of hydrogen-bond donors (Lipinski definition) is 3. The van der Waals surface area contributed by atoms with E-state index in [9.17, 15) is 43.2 Å². The molecule has 0 bridgehead atoms. The van der Waals surface area contributed by atoms with Gasteiger partial charge >= 0.3 is 39.5 Å². The summed E-state index contributed by atoms with van der Waals surface area (Å²) in [5, 5.41) is 10.6. The molecule has 3 N–H and O–H groups in total. The summed E-state index contributed by atoms with van der Waals surface area (Å²) in [5.74, 6) is 0.238. The van der Waals surface area contributed by atoms with E-state index in [0.29, 0.717) is 25.7 Å². The number of phosphoric acid groups is 2. The number of phosphoric ester groups is 2. The number of esters is 4. The first kappa shape index (κ1) is 92.1. The normalized spacial score (nSPS) is 14.4. The molecule has 3 unspecified atom stereocenters. The molecule has 94 heavy (non-hydrogen) atoms. The molecule has 0 aromatic rings. The third-order valence-electron chi connectivity index (χ3n) is 17.7. The fourth-order valence-electron chi connectivity index (χ4n) is 11.4. The molecule has 0 radical (unpaired) electrons. The molecule has 0 aromatic carbocycles. The van der Waals surface area contributed by atoms with E-state index in [4.69, 9.17) is 37.0 Å². The Bertz CT molecular complexity index is 1840. The van der Waals surface area contributed by atoms with Gasteiger partial charge in [0.25, 0.3) is 0 Å². The zero-order valence-corrected chi connectivity index (χ0v) is 63.2. The summed E-state index contributed by atoms with van der Waals surface area (Å²) in [7, 11) is -9.91. The van der Waals surface area contributed by atoms with Crippen LogP contribution in [0.1, 0.15) is 382 Å². The Morgan fingerprint density at radius 2 is 0.543 bits per heavy atom. The van der Waals surface area contributed by atoms with Crippen molar-refractivity contribution >= 4 is 39.5 Å². The van der Waals surface area contributed by atoms with Crippen molar-refractivity contribution in [2.75, 3.05) is 39.6 Å². The third-order valence-corrected chi connectivity index (χ3v) is 19.6. The van der Waals surface area contributed by atoms with Crippen LogP contribution in [0, 0.1) is 17.8 Å². The molecule has 0 saturated heterocycles. The molecule has 0 saturated carbocycles. The van der Waals surface area contributed by atoms with E-state index in [0.717, 1.165) is 114 Å². The molecule has 0 rings (SSSR count). The fourth-order valence-corrected chi connectivity index (χ4v) is 13.0. The second kappa shape index (κ2) is 65.7. The highest BCUT2D eigenvalue weighted by atomic mass is 31.2. The average molecular weight is 1380 g/mol.